The minimum atomic E-state index is -4.02. The van der Waals surface area contributed by atoms with Gasteiger partial charge in [-0.3, -0.25) is 14.9 Å². The molecule has 0 aliphatic rings. The van der Waals surface area contributed by atoms with Crippen LogP contribution in [0.15, 0.2) is 33.0 Å². The highest BCUT2D eigenvalue weighted by Gasteiger charge is 2.24. The molecule has 0 aliphatic carbocycles. The van der Waals surface area contributed by atoms with Crippen LogP contribution in [0.2, 0.25) is 0 Å². The molecule has 0 bridgehead atoms. The molecule has 2 heterocycles. The van der Waals surface area contributed by atoms with Crippen molar-refractivity contribution in [1.82, 2.24) is 19.5 Å². The Morgan fingerprint density at radius 1 is 1.30 bits per heavy atom. The van der Waals surface area contributed by atoms with Crippen molar-refractivity contribution in [2.75, 3.05) is 14.1 Å². The third-order valence-electron chi connectivity index (χ3n) is 3.32. The summed E-state index contributed by atoms with van der Waals surface area (Å²) in [6.07, 6.45) is 1.62. The predicted octanol–water partition coefficient (Wildman–Crippen LogP) is 1.46. The van der Waals surface area contributed by atoms with Crippen LogP contribution in [0.3, 0.4) is 0 Å². The van der Waals surface area contributed by atoms with Crippen LogP contribution in [0, 0.1) is 10.1 Å². The number of aldehydes is 1. The first-order chi connectivity index (χ1) is 12.7. The minimum Gasteiger partial charge on any atom is -0.368 e. The molecular formula is C14H12N6O5S2. The molecule has 13 heteroatoms. The number of non-ortho nitro benzene ring substituents is 1. The highest BCUT2D eigenvalue weighted by atomic mass is 32.2. The molecule has 0 radical (unpaired) electrons. The highest BCUT2D eigenvalue weighted by Crippen LogP contribution is 2.29. The summed E-state index contributed by atoms with van der Waals surface area (Å²) in [6.45, 7) is 0. The summed E-state index contributed by atoms with van der Waals surface area (Å²) in [7, 11) is -0.782. The Balaban J connectivity index is 2.07. The number of benzene rings is 1. The van der Waals surface area contributed by atoms with Gasteiger partial charge in [-0.25, -0.2) is 4.98 Å². The van der Waals surface area contributed by atoms with Crippen molar-refractivity contribution < 1.29 is 18.1 Å². The summed E-state index contributed by atoms with van der Waals surface area (Å²) in [5.41, 5.74) is 0.653. The fourth-order valence-electron chi connectivity index (χ4n) is 2.11. The second-order valence-corrected chi connectivity index (χ2v) is 8.25. The van der Waals surface area contributed by atoms with Crippen LogP contribution in [0.1, 0.15) is 10.5 Å². The first kappa shape index (κ1) is 18.6. The van der Waals surface area contributed by atoms with Gasteiger partial charge in [-0.05, 0) is 12.1 Å². The number of nitrogens with zero attached hydrogens (tertiary/aromatic N) is 6. The van der Waals surface area contributed by atoms with Gasteiger partial charge in [0, 0.05) is 31.8 Å². The SMILES string of the molecule is CN(C)/C=N/S(=O)(=O)c1nn2c(C=O)c(-c3ccc([N+](=O)[O-])cc3)nc2s1. The lowest BCUT2D eigenvalue weighted by molar-refractivity contribution is -0.384. The quantitative estimate of drug-likeness (QED) is 0.196. The Labute approximate surface area is 156 Å². The molecule has 0 N–H and O–H groups in total. The van der Waals surface area contributed by atoms with Crippen molar-refractivity contribution in [1.29, 1.82) is 0 Å². The number of aromatic nitrogens is 3. The van der Waals surface area contributed by atoms with Gasteiger partial charge in [0.1, 0.15) is 17.7 Å². The average Bonchev–Trinajstić information content (AvgIpc) is 3.18. The molecule has 3 rings (SSSR count). The summed E-state index contributed by atoms with van der Waals surface area (Å²) >= 11 is 0.762. The molecule has 11 nitrogen and oxygen atoms in total. The number of hydrogen-bond donors (Lipinski definition) is 0. The molecule has 0 amide bonds. The van der Waals surface area contributed by atoms with Crippen molar-refractivity contribution in [2.45, 2.75) is 4.34 Å². The van der Waals surface area contributed by atoms with E-state index in [1.54, 1.807) is 14.1 Å². The summed E-state index contributed by atoms with van der Waals surface area (Å²) in [6, 6.07) is 5.49. The van der Waals surface area contributed by atoms with Gasteiger partial charge < -0.3 is 4.90 Å². The average molecular weight is 408 g/mol. The zero-order chi connectivity index (χ0) is 19.8. The summed E-state index contributed by atoms with van der Waals surface area (Å²) in [5.74, 6) is 0. The van der Waals surface area contributed by atoms with E-state index in [1.807, 2.05) is 0 Å². The maximum absolute atomic E-state index is 12.2. The van der Waals surface area contributed by atoms with Crippen LogP contribution in [-0.4, -0.2) is 59.6 Å². The molecule has 0 fully saturated rings. The third-order valence-corrected chi connectivity index (χ3v) is 5.80. The van der Waals surface area contributed by atoms with Crippen LogP contribution in [0.4, 0.5) is 5.69 Å². The molecule has 0 unspecified atom stereocenters. The van der Waals surface area contributed by atoms with E-state index in [4.69, 9.17) is 0 Å². The van der Waals surface area contributed by atoms with E-state index >= 15 is 0 Å². The van der Waals surface area contributed by atoms with Gasteiger partial charge in [0.05, 0.1) is 4.92 Å². The number of carbonyl (C=O) groups is 1. The molecule has 0 spiro atoms. The Bertz CT molecular complexity index is 1160. The smallest absolute Gasteiger partial charge is 0.312 e. The fraction of sp³-hybridized carbons (Fsp3) is 0.143. The Morgan fingerprint density at radius 2 is 1.96 bits per heavy atom. The van der Waals surface area contributed by atoms with Gasteiger partial charge in [-0.2, -0.15) is 12.9 Å². The molecule has 27 heavy (non-hydrogen) atoms. The van der Waals surface area contributed by atoms with Gasteiger partial charge in [-0.15, -0.1) is 9.50 Å². The van der Waals surface area contributed by atoms with Gasteiger partial charge in [0.25, 0.3) is 10.0 Å². The fourth-order valence-corrected chi connectivity index (χ4v) is 4.11. The van der Waals surface area contributed by atoms with E-state index in [-0.39, 0.29) is 26.4 Å². The van der Waals surface area contributed by atoms with Crippen molar-refractivity contribution in [3.8, 4) is 11.3 Å². The first-order valence-electron chi connectivity index (χ1n) is 7.29. The Hall–Kier alpha value is -3.19. The van der Waals surface area contributed by atoms with E-state index in [0.717, 1.165) is 22.2 Å². The van der Waals surface area contributed by atoms with Crippen LogP contribution in [0.5, 0.6) is 0 Å². The van der Waals surface area contributed by atoms with Crippen LogP contribution < -0.4 is 0 Å². The maximum Gasteiger partial charge on any atom is 0.312 e. The topological polar surface area (TPSA) is 140 Å². The maximum atomic E-state index is 12.2. The predicted molar refractivity (Wildman–Crippen MR) is 97.7 cm³/mol. The number of imidazole rings is 1. The highest BCUT2D eigenvalue weighted by molar-refractivity contribution is 7.92. The zero-order valence-electron chi connectivity index (χ0n) is 14.0. The van der Waals surface area contributed by atoms with E-state index in [2.05, 4.69) is 14.5 Å². The zero-order valence-corrected chi connectivity index (χ0v) is 15.6. The van der Waals surface area contributed by atoms with E-state index in [1.165, 1.54) is 29.2 Å². The second kappa shape index (κ2) is 6.85. The monoisotopic (exact) mass is 408 g/mol. The van der Waals surface area contributed by atoms with Crippen molar-refractivity contribution in [3.63, 3.8) is 0 Å². The van der Waals surface area contributed by atoms with Crippen molar-refractivity contribution >= 4 is 44.6 Å². The normalized spacial score (nSPS) is 11.9. The molecule has 1 aromatic carbocycles. The van der Waals surface area contributed by atoms with Crippen molar-refractivity contribution in [3.05, 3.63) is 40.1 Å². The molecule has 0 saturated carbocycles. The summed E-state index contributed by atoms with van der Waals surface area (Å²) in [5, 5.41) is 14.7. The van der Waals surface area contributed by atoms with Gasteiger partial charge in [0.2, 0.25) is 4.96 Å². The molecule has 2 aromatic heterocycles. The van der Waals surface area contributed by atoms with Crippen LogP contribution in [-0.2, 0) is 10.0 Å². The van der Waals surface area contributed by atoms with E-state index < -0.39 is 14.9 Å². The molecule has 140 valence electrons. The standard InChI is InChI=1S/C14H12N6O5S2/c1-18(2)8-15-27(24,25)14-17-19-11(7-21)12(16-13(19)26-14)9-3-5-10(6-4-9)20(22)23/h3-8H,1-2H3/b15-8+. The summed E-state index contributed by atoms with van der Waals surface area (Å²) < 4.78 is 28.7. The van der Waals surface area contributed by atoms with Crippen LogP contribution >= 0.6 is 11.3 Å². The molecular weight excluding hydrogens is 396 g/mol. The number of sulfonamides is 1. The van der Waals surface area contributed by atoms with E-state index in [0.29, 0.717) is 11.8 Å². The lowest BCUT2D eigenvalue weighted by Crippen LogP contribution is -2.10. The Kier molecular flexibility index (Phi) is 4.72. The van der Waals surface area contributed by atoms with Crippen LogP contribution in [0.25, 0.3) is 16.2 Å². The Morgan fingerprint density at radius 3 is 2.52 bits per heavy atom. The number of hydrogen-bond acceptors (Lipinski definition) is 8. The number of fused-ring (bicyclic) bond motifs is 1. The van der Waals surface area contributed by atoms with Gasteiger partial charge in [-0.1, -0.05) is 11.3 Å². The third kappa shape index (κ3) is 3.54. The van der Waals surface area contributed by atoms with Gasteiger partial charge in [0.15, 0.2) is 6.29 Å². The summed E-state index contributed by atoms with van der Waals surface area (Å²) in [4.78, 5) is 27.6. The molecule has 0 saturated heterocycles. The molecule has 3 aromatic rings. The van der Waals surface area contributed by atoms with Crippen molar-refractivity contribution in [2.24, 2.45) is 4.40 Å². The minimum absolute atomic E-state index is 0.0353. The first-order valence-corrected chi connectivity index (χ1v) is 9.55. The number of rotatable bonds is 6. The second-order valence-electron chi connectivity index (χ2n) is 5.49. The largest absolute Gasteiger partial charge is 0.368 e. The lowest BCUT2D eigenvalue weighted by atomic mass is 10.1. The number of nitro groups is 1. The lowest BCUT2D eigenvalue weighted by Gasteiger charge is -2.01. The van der Waals surface area contributed by atoms with E-state index in [9.17, 15) is 23.3 Å². The number of carbonyl (C=O) groups excluding carboxylic acids is 1. The molecule has 0 atom stereocenters. The molecule has 0 aliphatic heterocycles. The van der Waals surface area contributed by atoms with Gasteiger partial charge >= 0.3 is 10.0 Å². The number of nitro benzene ring substituents is 1.